The molecule has 3 aromatic heterocycles. The van der Waals surface area contributed by atoms with Crippen molar-refractivity contribution in [2.24, 2.45) is 0 Å². The number of carboxylic acid groups (broad SMARTS) is 1. The molecule has 0 aliphatic rings. The Morgan fingerprint density at radius 3 is 2.56 bits per heavy atom. The van der Waals surface area contributed by atoms with Gasteiger partial charge in [0.1, 0.15) is 16.7 Å². The van der Waals surface area contributed by atoms with Crippen LogP contribution in [0.25, 0.3) is 32.7 Å². The van der Waals surface area contributed by atoms with E-state index < -0.39 is 12.0 Å². The SMILES string of the molecule is CC(C(=O)O)n1c(-c2cccnc2)nc2scc(-c3ccccc3)c2c1=O. The number of rotatable bonds is 4. The van der Waals surface area contributed by atoms with Gasteiger partial charge in [0.15, 0.2) is 0 Å². The van der Waals surface area contributed by atoms with Crippen LogP contribution < -0.4 is 5.56 Å². The summed E-state index contributed by atoms with van der Waals surface area (Å²) in [5.41, 5.74) is 1.89. The number of nitrogens with zero attached hydrogens (tertiary/aromatic N) is 3. The maximum atomic E-state index is 13.4. The molecule has 4 aromatic rings. The van der Waals surface area contributed by atoms with E-state index in [1.165, 1.54) is 22.8 Å². The molecule has 0 bridgehead atoms. The van der Waals surface area contributed by atoms with Crippen molar-refractivity contribution >= 4 is 27.5 Å². The second-order valence-corrected chi connectivity index (χ2v) is 6.92. The Hall–Kier alpha value is -3.32. The van der Waals surface area contributed by atoms with E-state index in [2.05, 4.69) is 9.97 Å². The van der Waals surface area contributed by atoms with Crippen molar-refractivity contribution in [3.05, 3.63) is 70.6 Å². The average molecular weight is 377 g/mol. The second-order valence-electron chi connectivity index (χ2n) is 6.06. The second kappa shape index (κ2) is 6.77. The van der Waals surface area contributed by atoms with Crippen molar-refractivity contribution in [1.29, 1.82) is 0 Å². The number of aliphatic carboxylic acids is 1. The highest BCUT2D eigenvalue weighted by Gasteiger charge is 2.24. The largest absolute Gasteiger partial charge is 0.480 e. The molecule has 0 spiro atoms. The Kier molecular flexibility index (Phi) is 4.29. The van der Waals surface area contributed by atoms with E-state index in [4.69, 9.17) is 0 Å². The summed E-state index contributed by atoms with van der Waals surface area (Å²) < 4.78 is 1.24. The topological polar surface area (TPSA) is 85.1 Å². The molecule has 1 unspecified atom stereocenters. The summed E-state index contributed by atoms with van der Waals surface area (Å²) in [5.74, 6) is -0.795. The van der Waals surface area contributed by atoms with Gasteiger partial charge in [0.2, 0.25) is 0 Å². The third-order valence-corrected chi connectivity index (χ3v) is 5.26. The van der Waals surface area contributed by atoms with Gasteiger partial charge in [-0.25, -0.2) is 9.78 Å². The van der Waals surface area contributed by atoms with Gasteiger partial charge < -0.3 is 5.11 Å². The summed E-state index contributed by atoms with van der Waals surface area (Å²) in [6, 6.07) is 12.0. The number of carboxylic acids is 1. The summed E-state index contributed by atoms with van der Waals surface area (Å²) >= 11 is 1.37. The van der Waals surface area contributed by atoms with Crippen LogP contribution in [0.2, 0.25) is 0 Å². The van der Waals surface area contributed by atoms with Crippen molar-refractivity contribution < 1.29 is 9.90 Å². The zero-order chi connectivity index (χ0) is 19.0. The monoisotopic (exact) mass is 377 g/mol. The first-order chi connectivity index (χ1) is 13.1. The molecule has 6 nitrogen and oxygen atoms in total. The summed E-state index contributed by atoms with van der Waals surface area (Å²) in [5, 5.41) is 11.9. The van der Waals surface area contributed by atoms with Gasteiger partial charge in [0.25, 0.3) is 5.56 Å². The lowest BCUT2D eigenvalue weighted by atomic mass is 10.1. The van der Waals surface area contributed by atoms with E-state index in [0.717, 1.165) is 11.1 Å². The molecule has 0 radical (unpaired) electrons. The lowest BCUT2D eigenvalue weighted by Crippen LogP contribution is -2.30. The molecule has 0 saturated carbocycles. The predicted octanol–water partition coefficient (Wildman–Crippen LogP) is 3.83. The maximum Gasteiger partial charge on any atom is 0.326 e. The summed E-state index contributed by atoms with van der Waals surface area (Å²) in [7, 11) is 0. The van der Waals surface area contributed by atoms with Gasteiger partial charge in [-0.2, -0.15) is 0 Å². The van der Waals surface area contributed by atoms with E-state index in [1.807, 2.05) is 35.7 Å². The fraction of sp³-hybridized carbons (Fsp3) is 0.100. The van der Waals surface area contributed by atoms with Crippen LogP contribution in [0.1, 0.15) is 13.0 Å². The number of fused-ring (bicyclic) bond motifs is 1. The van der Waals surface area contributed by atoms with E-state index in [0.29, 0.717) is 21.6 Å². The van der Waals surface area contributed by atoms with Crippen molar-refractivity contribution in [3.8, 4) is 22.5 Å². The minimum Gasteiger partial charge on any atom is -0.480 e. The van der Waals surface area contributed by atoms with Gasteiger partial charge in [-0.3, -0.25) is 14.3 Å². The quantitative estimate of drug-likeness (QED) is 0.584. The van der Waals surface area contributed by atoms with Crippen molar-refractivity contribution in [2.75, 3.05) is 0 Å². The number of pyridine rings is 1. The number of thiophene rings is 1. The highest BCUT2D eigenvalue weighted by molar-refractivity contribution is 7.17. The van der Waals surface area contributed by atoms with E-state index >= 15 is 0 Å². The third-order valence-electron chi connectivity index (χ3n) is 4.39. The summed E-state index contributed by atoms with van der Waals surface area (Å²) in [6.07, 6.45) is 3.19. The van der Waals surface area contributed by atoms with E-state index in [-0.39, 0.29) is 5.56 Å². The molecule has 1 N–H and O–H groups in total. The number of aromatic nitrogens is 3. The highest BCUT2D eigenvalue weighted by atomic mass is 32.1. The van der Waals surface area contributed by atoms with Gasteiger partial charge in [-0.15, -0.1) is 11.3 Å². The molecule has 27 heavy (non-hydrogen) atoms. The molecular formula is C20H15N3O3S. The number of hydrogen-bond acceptors (Lipinski definition) is 5. The lowest BCUT2D eigenvalue weighted by molar-refractivity contribution is -0.140. The number of carbonyl (C=O) groups is 1. The lowest BCUT2D eigenvalue weighted by Gasteiger charge is -2.16. The Balaban J connectivity index is 2.07. The van der Waals surface area contributed by atoms with Crippen molar-refractivity contribution in [2.45, 2.75) is 13.0 Å². The molecule has 0 fully saturated rings. The smallest absolute Gasteiger partial charge is 0.326 e. The number of hydrogen-bond donors (Lipinski definition) is 1. The van der Waals surface area contributed by atoms with Crippen molar-refractivity contribution in [1.82, 2.24) is 14.5 Å². The standard InChI is InChI=1S/C20H15N3O3S/c1-12(20(25)26)23-17(14-8-5-9-21-10-14)22-18-16(19(23)24)15(11-27-18)13-6-3-2-4-7-13/h2-12H,1H3,(H,25,26). The normalized spacial score (nSPS) is 12.2. The van der Waals surface area contributed by atoms with E-state index in [1.54, 1.807) is 24.5 Å². The van der Waals surface area contributed by atoms with Gasteiger partial charge in [0, 0.05) is 28.9 Å². The van der Waals surface area contributed by atoms with Gasteiger partial charge >= 0.3 is 5.97 Å². The fourth-order valence-electron chi connectivity index (χ4n) is 3.00. The molecule has 0 saturated heterocycles. The molecule has 1 atom stereocenters. The van der Waals surface area contributed by atoms with Crippen molar-refractivity contribution in [3.63, 3.8) is 0 Å². The van der Waals surface area contributed by atoms with Crippen LogP contribution in [0.4, 0.5) is 0 Å². The van der Waals surface area contributed by atoms with Crippen LogP contribution in [-0.4, -0.2) is 25.6 Å². The Morgan fingerprint density at radius 1 is 1.15 bits per heavy atom. The van der Waals surface area contributed by atoms with Crippen LogP contribution in [0.15, 0.2) is 65.0 Å². The van der Waals surface area contributed by atoms with Crippen LogP contribution in [0.5, 0.6) is 0 Å². The highest BCUT2D eigenvalue weighted by Crippen LogP contribution is 2.32. The van der Waals surface area contributed by atoms with Crippen LogP contribution in [-0.2, 0) is 4.79 Å². The molecule has 1 aromatic carbocycles. The minimum absolute atomic E-state index is 0.303. The van der Waals surface area contributed by atoms with Gasteiger partial charge in [0.05, 0.1) is 5.39 Å². The molecule has 3 heterocycles. The summed E-state index contributed by atoms with van der Waals surface area (Å²) in [4.78, 5) is 34.3. The molecule has 134 valence electrons. The van der Waals surface area contributed by atoms with Gasteiger partial charge in [-0.05, 0) is 24.6 Å². The van der Waals surface area contributed by atoms with E-state index in [9.17, 15) is 14.7 Å². The Labute approximate surface area is 158 Å². The van der Waals surface area contributed by atoms with Crippen LogP contribution in [0.3, 0.4) is 0 Å². The fourth-order valence-corrected chi connectivity index (χ4v) is 3.94. The molecule has 0 aliphatic carbocycles. The maximum absolute atomic E-state index is 13.4. The zero-order valence-corrected chi connectivity index (χ0v) is 15.2. The number of benzene rings is 1. The predicted molar refractivity (Wildman–Crippen MR) is 105 cm³/mol. The average Bonchev–Trinajstić information content (AvgIpc) is 3.13. The molecular weight excluding hydrogens is 362 g/mol. The van der Waals surface area contributed by atoms with Crippen LogP contribution in [0, 0.1) is 0 Å². The van der Waals surface area contributed by atoms with Crippen LogP contribution >= 0.6 is 11.3 Å². The molecule has 0 aliphatic heterocycles. The zero-order valence-electron chi connectivity index (χ0n) is 14.4. The first-order valence-corrected chi connectivity index (χ1v) is 9.18. The molecule has 4 rings (SSSR count). The van der Waals surface area contributed by atoms with Gasteiger partial charge in [-0.1, -0.05) is 30.3 Å². The molecule has 7 heteroatoms. The third kappa shape index (κ3) is 2.92. The minimum atomic E-state index is -1.10. The summed E-state index contributed by atoms with van der Waals surface area (Å²) in [6.45, 7) is 1.48. The Bertz CT molecular complexity index is 1180. The first kappa shape index (κ1) is 17.1. The Morgan fingerprint density at radius 2 is 1.89 bits per heavy atom. The molecule has 0 amide bonds. The first-order valence-electron chi connectivity index (χ1n) is 8.30.